The van der Waals surface area contributed by atoms with E-state index in [1.807, 2.05) is 49.1 Å². The molecule has 0 saturated carbocycles. The normalized spacial score (nSPS) is 29.0. The minimum atomic E-state index is -1.22. The first-order valence-electron chi connectivity index (χ1n) is 7.46. The predicted octanol–water partition coefficient (Wildman–Crippen LogP) is 1.88. The first-order valence-corrected chi connectivity index (χ1v) is 7.87. The Bertz CT molecular complexity index is 750. The Hall–Kier alpha value is -2.26. The molecule has 2 bridgehead atoms. The maximum atomic E-state index is 12.5. The van der Waals surface area contributed by atoms with Crippen molar-refractivity contribution in [3.05, 3.63) is 35.9 Å². The van der Waals surface area contributed by atoms with Crippen LogP contribution in [0.2, 0.25) is 0 Å². The third kappa shape index (κ3) is 2.07. The van der Waals surface area contributed by atoms with Gasteiger partial charge in [0, 0.05) is 18.5 Å². The van der Waals surface area contributed by atoms with Gasteiger partial charge < -0.3 is 10.6 Å². The van der Waals surface area contributed by atoms with Crippen LogP contribution in [0, 0.1) is 28.1 Å². The van der Waals surface area contributed by atoms with E-state index in [2.05, 4.69) is 11.1 Å². The number of benzene rings is 1. The summed E-state index contributed by atoms with van der Waals surface area (Å²) in [6.45, 7) is 4.56. The Morgan fingerprint density at radius 1 is 1.43 bits per heavy atom. The van der Waals surface area contributed by atoms with Gasteiger partial charge in [0.15, 0.2) is 5.41 Å². The van der Waals surface area contributed by atoms with E-state index in [1.54, 1.807) is 0 Å². The molecule has 2 aliphatic rings. The Morgan fingerprint density at radius 2 is 2.09 bits per heavy atom. The molecule has 23 heavy (non-hydrogen) atoms. The van der Waals surface area contributed by atoms with Crippen molar-refractivity contribution in [3.63, 3.8) is 0 Å². The van der Waals surface area contributed by atoms with Crippen molar-refractivity contribution in [1.29, 1.82) is 5.26 Å². The van der Waals surface area contributed by atoms with E-state index in [0.29, 0.717) is 11.5 Å². The highest BCUT2D eigenvalue weighted by atomic mass is 32.1. The van der Waals surface area contributed by atoms with Crippen LogP contribution in [-0.4, -0.2) is 28.2 Å². The summed E-state index contributed by atoms with van der Waals surface area (Å²) < 4.78 is 0. The topological polar surface area (TPSA) is 82.5 Å². The van der Waals surface area contributed by atoms with Gasteiger partial charge in [0.1, 0.15) is 5.84 Å². The smallest absolute Gasteiger partial charge is 0.270 e. The fourth-order valence-electron chi connectivity index (χ4n) is 3.59. The number of likely N-dealkylation sites (tertiary alicyclic amines) is 1. The van der Waals surface area contributed by atoms with Gasteiger partial charge in [0.05, 0.1) is 17.0 Å². The second kappa shape index (κ2) is 5.14. The molecule has 0 radical (unpaired) electrons. The number of piperidine rings is 1. The van der Waals surface area contributed by atoms with Crippen LogP contribution in [-0.2, 0) is 11.3 Å². The van der Waals surface area contributed by atoms with Crippen molar-refractivity contribution in [3.8, 4) is 6.07 Å². The van der Waals surface area contributed by atoms with E-state index in [4.69, 9.17) is 18.0 Å². The lowest BCUT2D eigenvalue weighted by Crippen LogP contribution is -2.67. The summed E-state index contributed by atoms with van der Waals surface area (Å²) >= 11 is 5.64. The molecule has 118 valence electrons. The summed E-state index contributed by atoms with van der Waals surface area (Å²) in [4.78, 5) is 19.0. The number of nitriles is 1. The Morgan fingerprint density at radius 3 is 2.70 bits per heavy atom. The quantitative estimate of drug-likeness (QED) is 0.839. The zero-order valence-electron chi connectivity index (χ0n) is 13.1. The lowest BCUT2D eigenvalue weighted by molar-refractivity contribution is -0.134. The van der Waals surface area contributed by atoms with Gasteiger partial charge in [-0.15, -0.1) is 0 Å². The number of thiocarbonyl (C=S) groups is 1. The maximum absolute atomic E-state index is 12.5. The van der Waals surface area contributed by atoms with Gasteiger partial charge in [-0.2, -0.15) is 10.3 Å². The van der Waals surface area contributed by atoms with Crippen LogP contribution in [0.25, 0.3) is 0 Å². The Labute approximate surface area is 140 Å². The van der Waals surface area contributed by atoms with Gasteiger partial charge in [0.2, 0.25) is 0 Å². The van der Waals surface area contributed by atoms with Gasteiger partial charge in [-0.05, 0) is 5.56 Å². The molecule has 0 aliphatic carbocycles. The zero-order valence-corrected chi connectivity index (χ0v) is 13.9. The van der Waals surface area contributed by atoms with Crippen LogP contribution >= 0.6 is 12.2 Å². The molecule has 5 nitrogen and oxygen atoms in total. The van der Waals surface area contributed by atoms with Crippen LogP contribution in [0.1, 0.15) is 19.4 Å². The van der Waals surface area contributed by atoms with Crippen LogP contribution in [0.4, 0.5) is 0 Å². The van der Waals surface area contributed by atoms with Gasteiger partial charge in [0.25, 0.3) is 5.91 Å². The fraction of sp³-hybridized carbons (Fsp3) is 0.412. The molecule has 0 aromatic heterocycles. The summed E-state index contributed by atoms with van der Waals surface area (Å²) in [6, 6.07) is 12.1. The number of carbonyl (C=O) groups is 1. The molecule has 2 atom stereocenters. The minimum absolute atomic E-state index is 0.216. The minimum Gasteiger partial charge on any atom is -0.386 e. The number of nitrogens with zero attached hydrogens (tertiary/aromatic N) is 3. The number of fused-ring (bicyclic) bond motifs is 2. The third-order valence-electron chi connectivity index (χ3n) is 5.11. The highest BCUT2D eigenvalue weighted by molar-refractivity contribution is 7.80. The van der Waals surface area contributed by atoms with E-state index in [0.717, 1.165) is 5.56 Å². The van der Waals surface area contributed by atoms with Crippen molar-refractivity contribution < 1.29 is 4.79 Å². The van der Waals surface area contributed by atoms with Crippen molar-refractivity contribution in [1.82, 2.24) is 4.90 Å². The Balaban J connectivity index is 2.06. The summed E-state index contributed by atoms with van der Waals surface area (Å²) in [5, 5.41) is 9.80. The fourth-order valence-corrected chi connectivity index (χ4v) is 4.13. The van der Waals surface area contributed by atoms with E-state index in [9.17, 15) is 10.1 Å². The number of amidine groups is 1. The summed E-state index contributed by atoms with van der Waals surface area (Å²) in [7, 11) is 0. The first kappa shape index (κ1) is 15.6. The van der Waals surface area contributed by atoms with Crippen LogP contribution in [0.15, 0.2) is 35.3 Å². The third-order valence-corrected chi connectivity index (χ3v) is 5.60. The zero-order chi connectivity index (χ0) is 16.8. The molecule has 1 fully saturated rings. The molecule has 2 N–H and O–H groups in total. The van der Waals surface area contributed by atoms with Gasteiger partial charge in [-0.1, -0.05) is 56.4 Å². The molecule has 6 heteroatoms. The monoisotopic (exact) mass is 326 g/mol. The van der Waals surface area contributed by atoms with E-state index < -0.39 is 16.7 Å². The molecular formula is C17H18N4OS. The van der Waals surface area contributed by atoms with Crippen molar-refractivity contribution in [2.75, 3.05) is 6.54 Å². The van der Waals surface area contributed by atoms with Gasteiger partial charge >= 0.3 is 0 Å². The van der Waals surface area contributed by atoms with Crippen molar-refractivity contribution >= 4 is 28.9 Å². The molecule has 1 aromatic rings. The van der Waals surface area contributed by atoms with E-state index in [1.165, 1.54) is 0 Å². The number of amides is 1. The Kier molecular flexibility index (Phi) is 3.49. The van der Waals surface area contributed by atoms with Crippen molar-refractivity contribution in [2.24, 2.45) is 27.5 Å². The van der Waals surface area contributed by atoms with Gasteiger partial charge in [-0.25, -0.2) is 0 Å². The number of hydrogen-bond donors (Lipinski definition) is 1. The standard InChI is InChI=1S/C17H18N4OS/c1-16(2)12-13(19)20-15(22)17(16,9-18)10-21(14(12)23)8-11-6-4-3-5-7-11/h3-7,12H,8,10H2,1-2H3,(H2,19,20,22). The lowest BCUT2D eigenvalue weighted by Gasteiger charge is -2.54. The number of carbonyl (C=O) groups excluding carboxylic acids is 1. The number of hydrogen-bond acceptors (Lipinski definition) is 4. The van der Waals surface area contributed by atoms with Crippen LogP contribution in [0.5, 0.6) is 0 Å². The molecular weight excluding hydrogens is 308 g/mol. The molecule has 1 saturated heterocycles. The van der Waals surface area contributed by atoms with E-state index in [-0.39, 0.29) is 18.3 Å². The number of aliphatic imine (C=N–C) groups is 1. The number of nitrogens with two attached hydrogens (primary N) is 1. The second-order valence-electron chi connectivity index (χ2n) is 6.69. The lowest BCUT2D eigenvalue weighted by atomic mass is 9.55. The highest BCUT2D eigenvalue weighted by Gasteiger charge is 2.64. The average Bonchev–Trinajstić information content (AvgIpc) is 2.49. The van der Waals surface area contributed by atoms with Crippen LogP contribution in [0.3, 0.4) is 0 Å². The van der Waals surface area contributed by atoms with Gasteiger partial charge in [-0.3, -0.25) is 4.79 Å². The molecule has 0 spiro atoms. The molecule has 1 aromatic carbocycles. The average molecular weight is 326 g/mol. The number of rotatable bonds is 2. The second-order valence-corrected chi connectivity index (χ2v) is 7.11. The predicted molar refractivity (Wildman–Crippen MR) is 91.4 cm³/mol. The van der Waals surface area contributed by atoms with Crippen LogP contribution < -0.4 is 5.73 Å². The SMILES string of the molecule is CC1(C)C2C(=S)N(Cc3ccccc3)CC1(C#N)C(=O)N=C2N. The summed E-state index contributed by atoms with van der Waals surface area (Å²) in [6.07, 6.45) is 0. The van der Waals surface area contributed by atoms with Crippen molar-refractivity contribution in [2.45, 2.75) is 20.4 Å². The molecule has 2 heterocycles. The highest BCUT2D eigenvalue weighted by Crippen LogP contribution is 2.53. The molecule has 2 unspecified atom stereocenters. The summed E-state index contributed by atoms with van der Waals surface area (Å²) in [5.41, 5.74) is 5.19. The van der Waals surface area contributed by atoms with E-state index >= 15 is 0 Å². The molecule has 3 rings (SSSR count). The summed E-state index contributed by atoms with van der Waals surface area (Å²) in [5.74, 6) is -0.625. The first-order chi connectivity index (χ1) is 10.8. The molecule has 2 aliphatic heterocycles. The maximum Gasteiger partial charge on any atom is 0.270 e. The largest absolute Gasteiger partial charge is 0.386 e. The molecule has 1 amide bonds.